The van der Waals surface area contributed by atoms with E-state index in [2.05, 4.69) is 4.72 Å². The molecule has 0 saturated heterocycles. The summed E-state index contributed by atoms with van der Waals surface area (Å²) in [6.07, 6.45) is 2.17. The summed E-state index contributed by atoms with van der Waals surface area (Å²) in [6.45, 7) is 5.03. The average Bonchev–Trinajstić information content (AvgIpc) is 2.64. The van der Waals surface area contributed by atoms with Gasteiger partial charge in [0.2, 0.25) is 10.0 Å². The first kappa shape index (κ1) is 17.0. The average molecular weight is 330 g/mol. The van der Waals surface area contributed by atoms with Crippen molar-refractivity contribution < 1.29 is 23.1 Å². The topological polar surface area (TPSA) is 97.6 Å². The second kappa shape index (κ2) is 5.68. The summed E-state index contributed by atoms with van der Waals surface area (Å²) in [5, 5.41) is 10.1. The first-order valence-corrected chi connectivity index (χ1v) is 8.66. The van der Waals surface area contributed by atoms with Gasteiger partial charge in [0.15, 0.2) is 0 Å². The van der Waals surface area contributed by atoms with E-state index < -0.39 is 27.6 Å². The minimum atomic E-state index is -3.80. The normalized spacial score (nSPS) is 21.0. The van der Waals surface area contributed by atoms with E-state index in [1.54, 1.807) is 27.8 Å². The van der Waals surface area contributed by atoms with Gasteiger partial charge < -0.3 is 14.4 Å². The van der Waals surface area contributed by atoms with Crippen LogP contribution in [0.1, 0.15) is 43.2 Å². The number of carbonyl (C=O) groups is 1. The van der Waals surface area contributed by atoms with Crippen molar-refractivity contribution in [2.24, 2.45) is 7.05 Å². The number of nitrogens with one attached hydrogen (secondary N) is 1. The van der Waals surface area contributed by atoms with Gasteiger partial charge in [-0.1, -0.05) is 0 Å². The second-order valence-electron chi connectivity index (χ2n) is 6.02. The highest BCUT2D eigenvalue weighted by Crippen LogP contribution is 2.30. The fourth-order valence-corrected chi connectivity index (χ4v) is 4.41. The Morgan fingerprint density at radius 1 is 1.55 bits per heavy atom. The third-order valence-corrected chi connectivity index (χ3v) is 5.36. The molecule has 1 atom stereocenters. The van der Waals surface area contributed by atoms with Gasteiger partial charge in [-0.2, -0.15) is 0 Å². The van der Waals surface area contributed by atoms with Crippen molar-refractivity contribution in [1.29, 1.82) is 0 Å². The quantitative estimate of drug-likeness (QED) is 0.790. The van der Waals surface area contributed by atoms with Crippen LogP contribution in [0.15, 0.2) is 11.1 Å². The van der Waals surface area contributed by atoms with E-state index in [4.69, 9.17) is 4.74 Å². The van der Waals surface area contributed by atoms with Crippen molar-refractivity contribution in [2.75, 3.05) is 6.61 Å². The fourth-order valence-electron chi connectivity index (χ4n) is 2.68. The van der Waals surface area contributed by atoms with Crippen LogP contribution >= 0.6 is 0 Å². The molecule has 8 heteroatoms. The van der Waals surface area contributed by atoms with Crippen molar-refractivity contribution in [3.63, 3.8) is 0 Å². The van der Waals surface area contributed by atoms with Crippen LogP contribution in [0, 0.1) is 0 Å². The maximum Gasteiger partial charge on any atom is 0.355 e. The molecule has 22 heavy (non-hydrogen) atoms. The van der Waals surface area contributed by atoms with Gasteiger partial charge in [0.05, 0.1) is 18.2 Å². The lowest BCUT2D eigenvalue weighted by Crippen LogP contribution is -2.48. The van der Waals surface area contributed by atoms with Gasteiger partial charge in [0.1, 0.15) is 10.6 Å². The van der Waals surface area contributed by atoms with Gasteiger partial charge in [-0.15, -0.1) is 0 Å². The van der Waals surface area contributed by atoms with E-state index in [9.17, 15) is 18.3 Å². The number of carbonyl (C=O) groups excluding carboxylic acids is 1. The van der Waals surface area contributed by atoms with Crippen LogP contribution < -0.4 is 4.72 Å². The lowest BCUT2D eigenvalue weighted by Gasteiger charge is -2.28. The molecule has 124 valence electrons. The minimum absolute atomic E-state index is 0.0739. The number of fused-ring (bicyclic) bond motifs is 1. The number of sulfonamides is 1. The second-order valence-corrected chi connectivity index (χ2v) is 7.70. The highest BCUT2D eigenvalue weighted by atomic mass is 32.2. The molecule has 0 aromatic carbocycles. The number of nitrogens with zero attached hydrogens (tertiary/aromatic N) is 1. The van der Waals surface area contributed by atoms with Crippen molar-refractivity contribution in [3.05, 3.63) is 17.5 Å². The molecule has 1 aliphatic heterocycles. The van der Waals surface area contributed by atoms with E-state index >= 15 is 0 Å². The molecule has 2 N–H and O–H groups in total. The summed E-state index contributed by atoms with van der Waals surface area (Å²) >= 11 is 0. The number of aromatic nitrogens is 1. The number of aliphatic hydroxyl groups is 1. The Morgan fingerprint density at radius 2 is 2.18 bits per heavy atom. The third-order valence-electron chi connectivity index (χ3n) is 3.84. The smallest absolute Gasteiger partial charge is 0.355 e. The van der Waals surface area contributed by atoms with Crippen LogP contribution in [0.4, 0.5) is 0 Å². The summed E-state index contributed by atoms with van der Waals surface area (Å²) in [6, 6.07) is -0.620. The predicted octanol–water partition coefficient (Wildman–Crippen LogP) is 0.566. The predicted molar refractivity (Wildman–Crippen MR) is 80.1 cm³/mol. The van der Waals surface area contributed by atoms with E-state index in [1.165, 1.54) is 10.8 Å². The Labute approximate surface area is 130 Å². The molecule has 1 aliphatic rings. The van der Waals surface area contributed by atoms with Gasteiger partial charge in [-0.25, -0.2) is 17.9 Å². The molecule has 0 spiro atoms. The summed E-state index contributed by atoms with van der Waals surface area (Å²) in [5.41, 5.74) is -0.498. The summed E-state index contributed by atoms with van der Waals surface area (Å²) in [7, 11) is -2.18. The van der Waals surface area contributed by atoms with Crippen molar-refractivity contribution in [1.82, 2.24) is 9.29 Å². The highest BCUT2D eigenvalue weighted by Gasteiger charge is 2.38. The molecule has 0 fully saturated rings. The van der Waals surface area contributed by atoms with Gasteiger partial charge in [0, 0.05) is 18.8 Å². The van der Waals surface area contributed by atoms with E-state index in [0.717, 1.165) is 0 Å². The molecule has 0 bridgehead atoms. The maximum atomic E-state index is 12.5. The van der Waals surface area contributed by atoms with Crippen LogP contribution in [0.2, 0.25) is 0 Å². The van der Waals surface area contributed by atoms with Gasteiger partial charge in [0.25, 0.3) is 0 Å². The zero-order valence-corrected chi connectivity index (χ0v) is 14.0. The zero-order chi connectivity index (χ0) is 16.7. The van der Waals surface area contributed by atoms with Crippen LogP contribution in [0.25, 0.3) is 0 Å². The molecule has 0 amide bonds. The summed E-state index contributed by atoms with van der Waals surface area (Å²) in [5.74, 6) is -0.539. The van der Waals surface area contributed by atoms with Crippen LogP contribution in [-0.4, -0.2) is 42.3 Å². The number of ether oxygens (including phenoxy) is 1. The third kappa shape index (κ3) is 3.04. The lowest BCUT2D eigenvalue weighted by atomic mass is 9.94. The molecular formula is C14H22N2O5S. The Bertz CT molecular complexity index is 685. The fraction of sp³-hybridized carbons (Fsp3) is 0.643. The monoisotopic (exact) mass is 330 g/mol. The SMILES string of the molecule is CCOC(=O)c1c2c(cn1C)S(=O)(=O)NC(C(C)(C)O)CC2. The highest BCUT2D eigenvalue weighted by molar-refractivity contribution is 7.89. The molecule has 0 radical (unpaired) electrons. The summed E-state index contributed by atoms with van der Waals surface area (Å²) in [4.78, 5) is 12.2. The lowest BCUT2D eigenvalue weighted by molar-refractivity contribution is 0.0434. The molecule has 2 heterocycles. The van der Waals surface area contributed by atoms with E-state index in [-0.39, 0.29) is 17.2 Å². The Balaban J connectivity index is 2.52. The molecule has 1 aromatic rings. The molecule has 1 aromatic heterocycles. The number of hydrogen-bond acceptors (Lipinski definition) is 5. The Hall–Kier alpha value is -1.38. The van der Waals surface area contributed by atoms with Crippen LogP contribution in [0.5, 0.6) is 0 Å². The van der Waals surface area contributed by atoms with Gasteiger partial charge in [-0.05, 0) is 33.6 Å². The number of esters is 1. The van der Waals surface area contributed by atoms with Gasteiger partial charge >= 0.3 is 5.97 Å². The van der Waals surface area contributed by atoms with Crippen molar-refractivity contribution in [2.45, 2.75) is 50.2 Å². The maximum absolute atomic E-state index is 12.5. The van der Waals surface area contributed by atoms with Gasteiger partial charge in [-0.3, -0.25) is 0 Å². The first-order chi connectivity index (χ1) is 10.1. The van der Waals surface area contributed by atoms with E-state index in [1.807, 2.05) is 0 Å². The van der Waals surface area contributed by atoms with Crippen molar-refractivity contribution >= 4 is 16.0 Å². The molecule has 2 rings (SSSR count). The Morgan fingerprint density at radius 3 is 2.73 bits per heavy atom. The number of hydrogen-bond donors (Lipinski definition) is 2. The number of rotatable bonds is 3. The Kier molecular flexibility index (Phi) is 4.38. The largest absolute Gasteiger partial charge is 0.461 e. The number of aryl methyl sites for hydroxylation is 1. The van der Waals surface area contributed by atoms with Crippen molar-refractivity contribution in [3.8, 4) is 0 Å². The molecule has 1 unspecified atom stereocenters. The van der Waals surface area contributed by atoms with Crippen LogP contribution in [-0.2, 0) is 28.2 Å². The van der Waals surface area contributed by atoms with Crippen LogP contribution in [0.3, 0.4) is 0 Å². The molecule has 0 aliphatic carbocycles. The zero-order valence-electron chi connectivity index (χ0n) is 13.2. The standard InChI is InChI=1S/C14H22N2O5S/c1-5-21-13(17)12-9-6-7-11(14(2,3)18)15-22(19,20)10(9)8-16(12)4/h8,11,15,18H,5-7H2,1-4H3. The molecule has 0 saturated carbocycles. The molecule has 7 nitrogen and oxygen atoms in total. The van der Waals surface area contributed by atoms with E-state index in [0.29, 0.717) is 18.4 Å². The summed E-state index contributed by atoms with van der Waals surface area (Å²) < 4.78 is 34.0. The first-order valence-electron chi connectivity index (χ1n) is 7.18. The molecular weight excluding hydrogens is 308 g/mol. The minimum Gasteiger partial charge on any atom is -0.461 e.